The minimum atomic E-state index is 0.744. The Bertz CT molecular complexity index is 703. The highest BCUT2D eigenvalue weighted by molar-refractivity contribution is 7.98. The molecule has 0 unspecified atom stereocenters. The second-order valence-electron chi connectivity index (χ2n) is 4.10. The Kier molecular flexibility index (Phi) is 3.48. The minimum absolute atomic E-state index is 0.744. The van der Waals surface area contributed by atoms with E-state index in [1.807, 2.05) is 6.92 Å². The van der Waals surface area contributed by atoms with E-state index in [1.54, 1.807) is 29.4 Å². The molecule has 1 N–H and O–H groups in total. The molecule has 98 valence electrons. The Morgan fingerprint density at radius 2 is 2.26 bits per heavy atom. The third-order valence-corrected chi connectivity index (χ3v) is 4.63. The molecule has 7 heteroatoms. The molecular formula is C12H13N5S2. The van der Waals surface area contributed by atoms with Gasteiger partial charge >= 0.3 is 0 Å². The van der Waals surface area contributed by atoms with Crippen molar-refractivity contribution < 1.29 is 0 Å². The van der Waals surface area contributed by atoms with Crippen LogP contribution in [-0.4, -0.2) is 25.1 Å². The summed E-state index contributed by atoms with van der Waals surface area (Å²) in [4.78, 5) is 15.4. The van der Waals surface area contributed by atoms with Crippen LogP contribution in [0.5, 0.6) is 0 Å². The van der Waals surface area contributed by atoms with Gasteiger partial charge in [0.15, 0.2) is 0 Å². The SMILES string of the molecule is CCc1n[nH]c(CSc2ncnc3sc(C)cc23)n1. The summed E-state index contributed by atoms with van der Waals surface area (Å²) in [5.41, 5.74) is 0. The molecule has 19 heavy (non-hydrogen) atoms. The van der Waals surface area contributed by atoms with E-state index in [9.17, 15) is 0 Å². The van der Waals surface area contributed by atoms with Crippen molar-refractivity contribution in [3.63, 3.8) is 0 Å². The number of nitrogens with one attached hydrogen (secondary N) is 1. The second kappa shape index (κ2) is 5.26. The minimum Gasteiger partial charge on any atom is -0.262 e. The first kappa shape index (κ1) is 12.6. The van der Waals surface area contributed by atoms with Gasteiger partial charge < -0.3 is 0 Å². The lowest BCUT2D eigenvalue weighted by Gasteiger charge is -1.99. The van der Waals surface area contributed by atoms with Gasteiger partial charge in [-0.3, -0.25) is 5.10 Å². The largest absolute Gasteiger partial charge is 0.262 e. The summed E-state index contributed by atoms with van der Waals surface area (Å²) in [6.07, 6.45) is 2.47. The summed E-state index contributed by atoms with van der Waals surface area (Å²) in [6.45, 7) is 4.13. The second-order valence-corrected chi connectivity index (χ2v) is 6.29. The number of aromatic nitrogens is 5. The molecule has 0 aromatic carbocycles. The highest BCUT2D eigenvalue weighted by Crippen LogP contribution is 2.31. The maximum atomic E-state index is 4.40. The van der Waals surface area contributed by atoms with E-state index in [0.717, 1.165) is 39.1 Å². The Morgan fingerprint density at radius 1 is 1.37 bits per heavy atom. The lowest BCUT2D eigenvalue weighted by atomic mass is 10.4. The van der Waals surface area contributed by atoms with Gasteiger partial charge in [-0.25, -0.2) is 15.0 Å². The molecule has 0 aliphatic carbocycles. The molecule has 3 rings (SSSR count). The van der Waals surface area contributed by atoms with Crippen LogP contribution in [0.1, 0.15) is 23.4 Å². The predicted octanol–water partition coefficient (Wildman–Crippen LogP) is 2.97. The van der Waals surface area contributed by atoms with E-state index in [0.29, 0.717) is 0 Å². The average molecular weight is 291 g/mol. The predicted molar refractivity (Wildman–Crippen MR) is 77.5 cm³/mol. The zero-order valence-electron chi connectivity index (χ0n) is 10.7. The zero-order valence-corrected chi connectivity index (χ0v) is 12.3. The van der Waals surface area contributed by atoms with Crippen molar-refractivity contribution >= 4 is 33.3 Å². The van der Waals surface area contributed by atoms with Gasteiger partial charge in [0.05, 0.1) is 5.75 Å². The first-order chi connectivity index (χ1) is 9.26. The van der Waals surface area contributed by atoms with Crippen molar-refractivity contribution in [2.24, 2.45) is 0 Å². The fourth-order valence-electron chi connectivity index (χ4n) is 1.76. The first-order valence-electron chi connectivity index (χ1n) is 6.00. The average Bonchev–Trinajstić information content (AvgIpc) is 3.01. The Balaban J connectivity index is 1.81. The van der Waals surface area contributed by atoms with Gasteiger partial charge in [0.2, 0.25) is 0 Å². The maximum Gasteiger partial charge on any atom is 0.150 e. The molecule has 0 spiro atoms. The van der Waals surface area contributed by atoms with Crippen LogP contribution in [0.15, 0.2) is 17.4 Å². The number of rotatable bonds is 4. The number of hydrogen-bond acceptors (Lipinski definition) is 6. The number of H-pyrrole nitrogens is 1. The van der Waals surface area contributed by atoms with Crippen molar-refractivity contribution in [3.05, 3.63) is 28.9 Å². The van der Waals surface area contributed by atoms with Gasteiger partial charge in [-0.2, -0.15) is 5.10 Å². The molecule has 3 aromatic rings. The number of nitrogens with zero attached hydrogens (tertiary/aromatic N) is 4. The molecule has 0 amide bonds. The van der Waals surface area contributed by atoms with Crippen molar-refractivity contribution in [3.8, 4) is 0 Å². The fourth-order valence-corrected chi connectivity index (χ4v) is 3.51. The lowest BCUT2D eigenvalue weighted by molar-refractivity contribution is 0.945. The van der Waals surface area contributed by atoms with Crippen molar-refractivity contribution in [1.82, 2.24) is 25.1 Å². The summed E-state index contributed by atoms with van der Waals surface area (Å²) < 4.78 is 0. The first-order valence-corrected chi connectivity index (χ1v) is 7.80. The molecule has 0 saturated carbocycles. The Hall–Kier alpha value is -1.47. The molecule has 3 aromatic heterocycles. The normalized spacial score (nSPS) is 11.3. The van der Waals surface area contributed by atoms with Crippen LogP contribution >= 0.6 is 23.1 Å². The topological polar surface area (TPSA) is 67.3 Å². The van der Waals surface area contributed by atoms with Gasteiger partial charge in [0.25, 0.3) is 0 Å². The number of aromatic amines is 1. The molecule has 0 fully saturated rings. The van der Waals surface area contributed by atoms with Crippen LogP contribution in [0.2, 0.25) is 0 Å². The molecule has 0 aliphatic rings. The standard InChI is InChI=1S/C12H13N5S2/c1-3-9-15-10(17-16-9)5-18-11-8-4-7(2)19-12(8)14-6-13-11/h4,6H,3,5H2,1-2H3,(H,15,16,17). The summed E-state index contributed by atoms with van der Waals surface area (Å²) in [5.74, 6) is 2.49. The van der Waals surface area contributed by atoms with E-state index < -0.39 is 0 Å². The molecule has 0 bridgehead atoms. The molecule has 3 heterocycles. The zero-order chi connectivity index (χ0) is 13.2. The Morgan fingerprint density at radius 3 is 3.05 bits per heavy atom. The van der Waals surface area contributed by atoms with Crippen LogP contribution in [0, 0.1) is 6.92 Å². The van der Waals surface area contributed by atoms with Crippen molar-refractivity contribution in [1.29, 1.82) is 0 Å². The highest BCUT2D eigenvalue weighted by atomic mass is 32.2. The summed E-state index contributed by atoms with van der Waals surface area (Å²) >= 11 is 3.36. The smallest absolute Gasteiger partial charge is 0.150 e. The van der Waals surface area contributed by atoms with E-state index in [-0.39, 0.29) is 0 Å². The van der Waals surface area contributed by atoms with Crippen LogP contribution < -0.4 is 0 Å². The number of aryl methyl sites for hydroxylation is 2. The van der Waals surface area contributed by atoms with Gasteiger partial charge in [0.1, 0.15) is 27.8 Å². The van der Waals surface area contributed by atoms with Gasteiger partial charge in [-0.15, -0.1) is 11.3 Å². The molecule has 0 saturated heterocycles. The Labute approximate surface area is 118 Å². The van der Waals surface area contributed by atoms with E-state index in [1.165, 1.54) is 4.88 Å². The summed E-state index contributed by atoms with van der Waals surface area (Å²) in [5, 5.41) is 9.22. The molecule has 0 aliphatic heterocycles. The van der Waals surface area contributed by atoms with E-state index in [2.05, 4.69) is 38.1 Å². The third kappa shape index (κ3) is 2.62. The third-order valence-electron chi connectivity index (χ3n) is 2.66. The molecule has 0 radical (unpaired) electrons. The number of thiophene rings is 1. The van der Waals surface area contributed by atoms with Gasteiger partial charge in [-0.1, -0.05) is 18.7 Å². The number of hydrogen-bond donors (Lipinski definition) is 1. The van der Waals surface area contributed by atoms with Crippen LogP contribution in [0.3, 0.4) is 0 Å². The van der Waals surface area contributed by atoms with E-state index >= 15 is 0 Å². The molecular weight excluding hydrogens is 278 g/mol. The van der Waals surface area contributed by atoms with Gasteiger partial charge in [0, 0.05) is 16.7 Å². The molecule has 5 nitrogen and oxygen atoms in total. The van der Waals surface area contributed by atoms with Crippen LogP contribution in [0.4, 0.5) is 0 Å². The monoisotopic (exact) mass is 291 g/mol. The van der Waals surface area contributed by atoms with Crippen molar-refractivity contribution in [2.75, 3.05) is 0 Å². The van der Waals surface area contributed by atoms with Crippen LogP contribution in [-0.2, 0) is 12.2 Å². The van der Waals surface area contributed by atoms with E-state index in [4.69, 9.17) is 0 Å². The summed E-state index contributed by atoms with van der Waals surface area (Å²) in [7, 11) is 0. The highest BCUT2D eigenvalue weighted by Gasteiger charge is 2.09. The van der Waals surface area contributed by atoms with Crippen molar-refractivity contribution in [2.45, 2.75) is 31.0 Å². The lowest BCUT2D eigenvalue weighted by Crippen LogP contribution is -1.88. The molecule has 0 atom stereocenters. The van der Waals surface area contributed by atoms with Crippen LogP contribution in [0.25, 0.3) is 10.2 Å². The number of fused-ring (bicyclic) bond motifs is 1. The summed E-state index contributed by atoms with van der Waals surface area (Å²) in [6, 6.07) is 2.14. The fraction of sp³-hybridized carbons (Fsp3) is 0.333. The maximum absolute atomic E-state index is 4.40. The quantitative estimate of drug-likeness (QED) is 0.591. The number of thioether (sulfide) groups is 1. The van der Waals surface area contributed by atoms with Gasteiger partial charge in [-0.05, 0) is 13.0 Å².